The normalized spacial score (nSPS) is 17.5. The van der Waals surface area contributed by atoms with Gasteiger partial charge in [0.05, 0.1) is 5.69 Å². The number of benzene rings is 2. The Morgan fingerprint density at radius 2 is 1.95 bits per heavy atom. The predicted octanol–water partition coefficient (Wildman–Crippen LogP) is 4.68. The first-order chi connectivity index (χ1) is 10.0. The molecule has 1 aliphatic heterocycles. The molecule has 2 nitrogen and oxygen atoms in total. The second kappa shape index (κ2) is 5.51. The molecular formula is C17H16ClFN2. The first kappa shape index (κ1) is 14.1. The number of halogens is 2. The fourth-order valence-corrected chi connectivity index (χ4v) is 2.66. The molecule has 1 unspecified atom stereocenters. The smallest absolute Gasteiger partial charge is 0.125 e. The molecule has 0 saturated carbocycles. The van der Waals surface area contributed by atoms with E-state index in [0.717, 1.165) is 22.4 Å². The van der Waals surface area contributed by atoms with E-state index < -0.39 is 0 Å². The summed E-state index contributed by atoms with van der Waals surface area (Å²) in [5, 5.41) is 2.39. The molecule has 2 aromatic carbocycles. The third-order valence-electron chi connectivity index (χ3n) is 3.53. The Kier molecular flexibility index (Phi) is 3.70. The highest BCUT2D eigenvalue weighted by atomic mass is 35.5. The molecule has 1 N–H and O–H groups in total. The Morgan fingerprint density at radius 1 is 1.14 bits per heavy atom. The van der Waals surface area contributed by atoms with Gasteiger partial charge < -0.3 is 0 Å². The summed E-state index contributed by atoms with van der Waals surface area (Å²) in [5.74, 6) is -0.326. The van der Waals surface area contributed by atoms with Crippen LogP contribution in [0.25, 0.3) is 11.1 Å². The van der Waals surface area contributed by atoms with Crippen molar-refractivity contribution >= 4 is 17.3 Å². The van der Waals surface area contributed by atoms with E-state index >= 15 is 0 Å². The fraction of sp³-hybridized carbons (Fsp3) is 0.176. The lowest BCUT2D eigenvalue weighted by atomic mass is 10.0. The summed E-state index contributed by atoms with van der Waals surface area (Å²) in [6.45, 7) is 4.14. The third-order valence-corrected chi connectivity index (χ3v) is 3.75. The largest absolute Gasteiger partial charge is 0.284 e. The number of hydrogen-bond acceptors (Lipinski definition) is 2. The molecular weight excluding hydrogens is 287 g/mol. The zero-order chi connectivity index (χ0) is 15.0. The highest BCUT2D eigenvalue weighted by Crippen LogP contribution is 2.30. The summed E-state index contributed by atoms with van der Waals surface area (Å²) in [7, 11) is 0. The monoisotopic (exact) mass is 302 g/mol. The highest BCUT2D eigenvalue weighted by molar-refractivity contribution is 6.30. The van der Waals surface area contributed by atoms with Gasteiger partial charge in [0.2, 0.25) is 0 Å². The van der Waals surface area contributed by atoms with Gasteiger partial charge in [0.15, 0.2) is 0 Å². The molecule has 0 fully saturated rings. The number of anilines is 1. The number of nitrogens with one attached hydrogen (secondary N) is 1. The van der Waals surface area contributed by atoms with Crippen LogP contribution in [0.3, 0.4) is 0 Å². The van der Waals surface area contributed by atoms with Gasteiger partial charge in [-0.1, -0.05) is 23.7 Å². The Hall–Kier alpha value is -1.84. The minimum atomic E-state index is -0.326. The van der Waals surface area contributed by atoms with E-state index in [-0.39, 0.29) is 5.82 Å². The van der Waals surface area contributed by atoms with Crippen LogP contribution in [0.1, 0.15) is 12.5 Å². The zero-order valence-corrected chi connectivity index (χ0v) is 12.7. The minimum absolute atomic E-state index is 0.302. The Morgan fingerprint density at radius 3 is 2.62 bits per heavy atom. The lowest BCUT2D eigenvalue weighted by Gasteiger charge is -2.21. The molecule has 1 atom stereocenters. The van der Waals surface area contributed by atoms with Gasteiger partial charge in [-0.25, -0.2) is 9.82 Å². The standard InChI is InChI=1S/C17H16ClFN2/c1-11-3-4-13(14-7-15(18)10-16(19)8-14)9-17(11)21-6-5-12(2)20-21/h3-10,12,20H,1-2H3. The van der Waals surface area contributed by atoms with Crippen molar-refractivity contribution in [1.82, 2.24) is 5.43 Å². The van der Waals surface area contributed by atoms with Crippen LogP contribution in [-0.2, 0) is 0 Å². The number of nitrogens with zero attached hydrogens (tertiary/aromatic N) is 1. The van der Waals surface area contributed by atoms with Crippen molar-refractivity contribution in [3.05, 3.63) is 65.1 Å². The molecule has 1 aliphatic rings. The first-order valence-electron chi connectivity index (χ1n) is 6.84. The van der Waals surface area contributed by atoms with E-state index in [2.05, 4.69) is 25.3 Å². The van der Waals surface area contributed by atoms with Gasteiger partial charge in [0, 0.05) is 17.3 Å². The maximum atomic E-state index is 13.5. The summed E-state index contributed by atoms with van der Waals surface area (Å²) >= 11 is 5.94. The van der Waals surface area contributed by atoms with Crippen LogP contribution in [0.4, 0.5) is 10.1 Å². The number of hydrazine groups is 1. The lowest BCUT2D eigenvalue weighted by Crippen LogP contribution is -2.33. The van der Waals surface area contributed by atoms with E-state index in [1.807, 2.05) is 29.4 Å². The van der Waals surface area contributed by atoms with Gasteiger partial charge in [-0.15, -0.1) is 0 Å². The van der Waals surface area contributed by atoms with Crippen molar-refractivity contribution in [1.29, 1.82) is 0 Å². The van der Waals surface area contributed by atoms with Crippen LogP contribution in [0.5, 0.6) is 0 Å². The molecule has 0 saturated heterocycles. The number of aryl methyl sites for hydroxylation is 1. The Bertz CT molecular complexity index is 692. The SMILES string of the molecule is Cc1ccc(-c2cc(F)cc(Cl)c2)cc1N1C=CC(C)N1. The third kappa shape index (κ3) is 2.94. The van der Waals surface area contributed by atoms with Gasteiger partial charge in [-0.3, -0.25) is 5.01 Å². The molecule has 2 aromatic rings. The van der Waals surface area contributed by atoms with Gasteiger partial charge in [0.1, 0.15) is 5.82 Å². The van der Waals surface area contributed by atoms with Gasteiger partial charge >= 0.3 is 0 Å². The van der Waals surface area contributed by atoms with Crippen molar-refractivity contribution in [2.75, 3.05) is 5.01 Å². The van der Waals surface area contributed by atoms with Crippen LogP contribution in [-0.4, -0.2) is 6.04 Å². The van der Waals surface area contributed by atoms with Crippen molar-refractivity contribution in [3.8, 4) is 11.1 Å². The predicted molar refractivity (Wildman–Crippen MR) is 85.8 cm³/mol. The second-order valence-corrected chi connectivity index (χ2v) is 5.73. The van der Waals surface area contributed by atoms with E-state index in [1.165, 1.54) is 12.1 Å². The fourth-order valence-electron chi connectivity index (χ4n) is 2.44. The van der Waals surface area contributed by atoms with Gasteiger partial charge in [0.25, 0.3) is 0 Å². The highest BCUT2D eigenvalue weighted by Gasteiger charge is 2.15. The number of rotatable bonds is 2. The zero-order valence-electron chi connectivity index (χ0n) is 11.9. The van der Waals surface area contributed by atoms with Gasteiger partial charge in [-0.2, -0.15) is 0 Å². The van der Waals surface area contributed by atoms with Crippen molar-refractivity contribution in [2.45, 2.75) is 19.9 Å². The molecule has 3 rings (SSSR count). The van der Waals surface area contributed by atoms with Crippen LogP contribution < -0.4 is 10.4 Å². The maximum absolute atomic E-state index is 13.5. The molecule has 4 heteroatoms. The average Bonchev–Trinajstić information content (AvgIpc) is 2.84. The van der Waals surface area contributed by atoms with Crippen molar-refractivity contribution < 1.29 is 4.39 Å². The number of hydrogen-bond donors (Lipinski definition) is 1. The Labute approximate surface area is 128 Å². The van der Waals surface area contributed by atoms with E-state index in [9.17, 15) is 4.39 Å². The average molecular weight is 303 g/mol. The van der Waals surface area contributed by atoms with Crippen LogP contribution in [0.15, 0.2) is 48.7 Å². The van der Waals surface area contributed by atoms with Crippen LogP contribution in [0.2, 0.25) is 5.02 Å². The van der Waals surface area contributed by atoms with Crippen molar-refractivity contribution in [2.24, 2.45) is 0 Å². The maximum Gasteiger partial charge on any atom is 0.125 e. The summed E-state index contributed by atoms with van der Waals surface area (Å²) in [4.78, 5) is 0. The molecule has 0 bridgehead atoms. The summed E-state index contributed by atoms with van der Waals surface area (Å²) in [5.41, 5.74) is 7.24. The molecule has 108 valence electrons. The summed E-state index contributed by atoms with van der Waals surface area (Å²) < 4.78 is 13.5. The molecule has 1 heterocycles. The van der Waals surface area contributed by atoms with Crippen molar-refractivity contribution in [3.63, 3.8) is 0 Å². The lowest BCUT2D eigenvalue weighted by molar-refractivity contribution is 0.628. The quantitative estimate of drug-likeness (QED) is 0.866. The van der Waals surface area contributed by atoms with Crippen LogP contribution >= 0.6 is 11.6 Å². The van der Waals surface area contributed by atoms with E-state index in [0.29, 0.717) is 11.1 Å². The molecule has 0 amide bonds. The topological polar surface area (TPSA) is 15.3 Å². The van der Waals surface area contributed by atoms with E-state index in [4.69, 9.17) is 11.6 Å². The van der Waals surface area contributed by atoms with E-state index in [1.54, 1.807) is 6.07 Å². The van der Waals surface area contributed by atoms with Crippen LogP contribution in [0, 0.1) is 12.7 Å². The minimum Gasteiger partial charge on any atom is -0.284 e. The second-order valence-electron chi connectivity index (χ2n) is 5.29. The molecule has 0 aliphatic carbocycles. The molecule has 0 spiro atoms. The summed E-state index contributed by atoms with van der Waals surface area (Å²) in [6, 6.07) is 10.9. The molecule has 0 radical (unpaired) electrons. The molecule has 0 aromatic heterocycles. The summed E-state index contributed by atoms with van der Waals surface area (Å²) in [6.07, 6.45) is 4.10. The van der Waals surface area contributed by atoms with Gasteiger partial charge in [-0.05, 0) is 60.9 Å². The molecule has 21 heavy (non-hydrogen) atoms. The Balaban J connectivity index is 2.03. The first-order valence-corrected chi connectivity index (χ1v) is 7.21.